The summed E-state index contributed by atoms with van der Waals surface area (Å²) in [5.41, 5.74) is 2.65. The number of thioether (sulfide) groups is 1. The molecule has 2 aliphatic heterocycles. The zero-order valence-electron chi connectivity index (χ0n) is 16.7. The van der Waals surface area contributed by atoms with E-state index < -0.39 is 4.75 Å². The Kier molecular flexibility index (Phi) is 5.52. The van der Waals surface area contributed by atoms with Crippen molar-refractivity contribution in [1.29, 1.82) is 0 Å². The largest absolute Gasteiger partial charge is 0.378 e. The van der Waals surface area contributed by atoms with Crippen LogP contribution in [0.5, 0.6) is 0 Å². The van der Waals surface area contributed by atoms with Gasteiger partial charge < -0.3 is 19.9 Å². The third-order valence-corrected chi connectivity index (χ3v) is 6.71. The highest BCUT2D eigenvalue weighted by atomic mass is 32.2. The topological polar surface area (TPSA) is 61.9 Å². The summed E-state index contributed by atoms with van der Waals surface area (Å²) in [6.07, 6.45) is 0. The highest BCUT2D eigenvalue weighted by Crippen LogP contribution is 2.45. The number of nitrogens with one attached hydrogen (secondary N) is 1. The van der Waals surface area contributed by atoms with E-state index in [9.17, 15) is 9.59 Å². The molecule has 4 rings (SSSR count). The van der Waals surface area contributed by atoms with E-state index in [1.165, 1.54) is 11.8 Å². The summed E-state index contributed by atoms with van der Waals surface area (Å²) in [7, 11) is 0. The van der Waals surface area contributed by atoms with E-state index in [1.807, 2.05) is 55.5 Å². The van der Waals surface area contributed by atoms with Crippen LogP contribution in [0.3, 0.4) is 0 Å². The fraction of sp³-hybridized carbons (Fsp3) is 0.364. The number of carbonyl (C=O) groups is 2. The van der Waals surface area contributed by atoms with Crippen molar-refractivity contribution < 1.29 is 14.3 Å². The first-order chi connectivity index (χ1) is 14.0. The first kappa shape index (κ1) is 19.8. The van der Waals surface area contributed by atoms with Crippen LogP contribution in [0.2, 0.25) is 0 Å². The molecule has 2 aliphatic rings. The minimum Gasteiger partial charge on any atom is -0.378 e. The van der Waals surface area contributed by atoms with Gasteiger partial charge in [0.25, 0.3) is 5.91 Å². The molecule has 2 aromatic rings. The molecule has 1 N–H and O–H groups in total. The van der Waals surface area contributed by atoms with Crippen molar-refractivity contribution in [2.24, 2.45) is 0 Å². The molecule has 1 unspecified atom stereocenters. The van der Waals surface area contributed by atoms with Gasteiger partial charge in [-0.2, -0.15) is 0 Å². The van der Waals surface area contributed by atoms with Gasteiger partial charge in [-0.25, -0.2) is 0 Å². The molecular formula is C22H25N3O3S. The van der Waals surface area contributed by atoms with Gasteiger partial charge in [-0.15, -0.1) is 0 Å². The maximum Gasteiger partial charge on any atom is 0.252 e. The molecule has 152 valence electrons. The zero-order valence-corrected chi connectivity index (χ0v) is 17.5. The van der Waals surface area contributed by atoms with Crippen LogP contribution in [-0.4, -0.2) is 49.4 Å². The van der Waals surface area contributed by atoms with Crippen LogP contribution < -0.4 is 15.1 Å². The third kappa shape index (κ3) is 3.72. The van der Waals surface area contributed by atoms with E-state index in [-0.39, 0.29) is 11.8 Å². The smallest absolute Gasteiger partial charge is 0.252 e. The number of carbonyl (C=O) groups excluding carboxylic acids is 2. The van der Waals surface area contributed by atoms with E-state index in [2.05, 4.69) is 10.2 Å². The van der Waals surface area contributed by atoms with Gasteiger partial charge in [-0.05, 0) is 50.2 Å². The van der Waals surface area contributed by atoms with E-state index in [1.54, 1.807) is 11.8 Å². The van der Waals surface area contributed by atoms with Gasteiger partial charge in [-0.1, -0.05) is 23.9 Å². The fourth-order valence-electron chi connectivity index (χ4n) is 3.68. The minimum atomic E-state index is -1.22. The second-order valence-electron chi connectivity index (χ2n) is 7.25. The van der Waals surface area contributed by atoms with Gasteiger partial charge in [0.05, 0.1) is 18.9 Å². The van der Waals surface area contributed by atoms with E-state index in [0.717, 1.165) is 42.6 Å². The van der Waals surface area contributed by atoms with Crippen LogP contribution in [0.15, 0.2) is 53.4 Å². The average Bonchev–Trinajstić information content (AvgIpc) is 2.76. The zero-order chi connectivity index (χ0) is 20.4. The van der Waals surface area contributed by atoms with E-state index >= 15 is 0 Å². The molecule has 6 nitrogen and oxygen atoms in total. The Balaban J connectivity index is 1.52. The number of morpholine rings is 1. The summed E-state index contributed by atoms with van der Waals surface area (Å²) in [6, 6.07) is 15.5. The number of ether oxygens (including phenoxy) is 1. The van der Waals surface area contributed by atoms with Crippen molar-refractivity contribution in [2.75, 3.05) is 48.0 Å². The summed E-state index contributed by atoms with van der Waals surface area (Å²) in [6.45, 7) is 7.33. The standard InChI is InChI=1S/C22H25N3O3S/c1-3-25-18-6-4-5-7-19(18)29-22(2,21(25)27)20(26)23-16-8-10-17(11-9-16)24-12-14-28-15-13-24/h4-11H,3,12-15H2,1-2H3,(H,23,26). The monoisotopic (exact) mass is 411 g/mol. The van der Waals surface area contributed by atoms with Gasteiger partial charge in [0.1, 0.15) is 0 Å². The number of fused-ring (bicyclic) bond motifs is 1. The van der Waals surface area contributed by atoms with Crippen LogP contribution in [0.4, 0.5) is 17.1 Å². The highest BCUT2D eigenvalue weighted by molar-refractivity contribution is 8.02. The molecule has 2 amide bonds. The lowest BCUT2D eigenvalue weighted by atomic mass is 10.1. The lowest BCUT2D eigenvalue weighted by Crippen LogP contribution is -2.54. The van der Waals surface area contributed by atoms with Gasteiger partial charge in [0.15, 0.2) is 4.75 Å². The number of benzene rings is 2. The quantitative estimate of drug-likeness (QED) is 0.782. The van der Waals surface area contributed by atoms with E-state index in [4.69, 9.17) is 4.74 Å². The van der Waals surface area contributed by atoms with Gasteiger partial charge in [0, 0.05) is 35.9 Å². The average molecular weight is 412 g/mol. The van der Waals surface area contributed by atoms with Crippen molar-refractivity contribution in [3.8, 4) is 0 Å². The fourth-order valence-corrected chi connectivity index (χ4v) is 4.89. The molecule has 0 spiro atoms. The van der Waals surface area contributed by atoms with E-state index in [0.29, 0.717) is 12.2 Å². The van der Waals surface area contributed by atoms with Crippen LogP contribution >= 0.6 is 11.8 Å². The van der Waals surface area contributed by atoms with Crippen LogP contribution in [0, 0.1) is 0 Å². The van der Waals surface area contributed by atoms with Gasteiger partial charge in [-0.3, -0.25) is 9.59 Å². The molecule has 29 heavy (non-hydrogen) atoms. The molecule has 2 heterocycles. The highest BCUT2D eigenvalue weighted by Gasteiger charge is 2.48. The number of hydrogen-bond acceptors (Lipinski definition) is 5. The first-order valence-corrected chi connectivity index (χ1v) is 10.7. The second-order valence-corrected chi connectivity index (χ2v) is 8.71. The molecule has 0 radical (unpaired) electrons. The van der Waals surface area contributed by atoms with Gasteiger partial charge >= 0.3 is 0 Å². The molecule has 7 heteroatoms. The second kappa shape index (κ2) is 8.08. The Labute approximate surface area is 175 Å². The van der Waals surface area contributed by atoms with Crippen molar-refractivity contribution in [3.05, 3.63) is 48.5 Å². The van der Waals surface area contributed by atoms with Crippen molar-refractivity contribution in [2.45, 2.75) is 23.5 Å². The lowest BCUT2D eigenvalue weighted by Gasteiger charge is -2.38. The Bertz CT molecular complexity index is 912. The maximum atomic E-state index is 13.2. The SMILES string of the molecule is CCN1C(=O)C(C)(C(=O)Nc2ccc(N3CCOCC3)cc2)Sc2ccccc21. The molecule has 0 bridgehead atoms. The van der Waals surface area contributed by atoms with Crippen LogP contribution in [-0.2, 0) is 14.3 Å². The summed E-state index contributed by atoms with van der Waals surface area (Å²) < 4.78 is 4.18. The molecule has 0 aliphatic carbocycles. The minimum absolute atomic E-state index is 0.189. The normalized spacial score (nSPS) is 21.7. The predicted octanol–water partition coefficient (Wildman–Crippen LogP) is 3.38. The van der Waals surface area contributed by atoms with Crippen molar-refractivity contribution >= 4 is 40.6 Å². The molecule has 1 saturated heterocycles. The molecular weight excluding hydrogens is 386 g/mol. The van der Waals surface area contributed by atoms with Crippen LogP contribution in [0.25, 0.3) is 0 Å². The molecule has 0 aromatic heterocycles. The predicted molar refractivity (Wildman–Crippen MR) is 117 cm³/mol. The Morgan fingerprint density at radius 1 is 1.14 bits per heavy atom. The Morgan fingerprint density at radius 2 is 1.83 bits per heavy atom. The molecule has 2 aromatic carbocycles. The molecule has 1 fully saturated rings. The maximum absolute atomic E-state index is 13.2. The Hall–Kier alpha value is -2.51. The number of nitrogens with zero attached hydrogens (tertiary/aromatic N) is 2. The van der Waals surface area contributed by atoms with Gasteiger partial charge in [0.2, 0.25) is 5.91 Å². The first-order valence-electron chi connectivity index (χ1n) is 9.87. The summed E-state index contributed by atoms with van der Waals surface area (Å²) in [5.74, 6) is -0.495. The summed E-state index contributed by atoms with van der Waals surface area (Å²) >= 11 is 1.31. The number of hydrogen-bond donors (Lipinski definition) is 1. The Morgan fingerprint density at radius 3 is 2.52 bits per heavy atom. The number of anilines is 3. The third-order valence-electron chi connectivity index (χ3n) is 5.37. The van der Waals surface area contributed by atoms with Crippen molar-refractivity contribution in [3.63, 3.8) is 0 Å². The number of amides is 2. The summed E-state index contributed by atoms with van der Waals surface area (Å²) in [5, 5.41) is 2.94. The van der Waals surface area contributed by atoms with Crippen molar-refractivity contribution in [1.82, 2.24) is 0 Å². The molecule has 1 atom stereocenters. The molecule has 0 saturated carbocycles. The summed E-state index contributed by atoms with van der Waals surface area (Å²) in [4.78, 5) is 31.2. The van der Waals surface area contributed by atoms with Crippen LogP contribution in [0.1, 0.15) is 13.8 Å². The number of rotatable bonds is 4. The number of para-hydroxylation sites is 1. The lowest BCUT2D eigenvalue weighted by molar-refractivity contribution is -0.128.